The molecule has 0 fully saturated rings. The van der Waals surface area contributed by atoms with Crippen LogP contribution in [0.1, 0.15) is 32.5 Å². The van der Waals surface area contributed by atoms with E-state index in [-0.39, 0.29) is 17.8 Å². The lowest BCUT2D eigenvalue weighted by Gasteiger charge is -2.02. The fraction of sp³-hybridized carbons (Fsp3) is 0.167. The van der Waals surface area contributed by atoms with Crippen molar-refractivity contribution in [3.8, 4) is 0 Å². The zero-order valence-electron chi connectivity index (χ0n) is 10.1. The Hall–Kier alpha value is -2.70. The van der Waals surface area contributed by atoms with Gasteiger partial charge in [0, 0.05) is 6.20 Å². The van der Waals surface area contributed by atoms with Gasteiger partial charge in [-0.25, -0.2) is 9.78 Å². The average Bonchev–Trinajstić information content (AvgIpc) is 2.82. The van der Waals surface area contributed by atoms with E-state index >= 15 is 0 Å². The molecule has 0 radical (unpaired) electrons. The van der Waals surface area contributed by atoms with Gasteiger partial charge < -0.3 is 14.8 Å². The van der Waals surface area contributed by atoms with Gasteiger partial charge in [-0.05, 0) is 19.1 Å². The third kappa shape index (κ3) is 3.15. The minimum Gasteiger partial charge on any atom is -0.478 e. The third-order valence-electron chi connectivity index (χ3n) is 2.31. The Morgan fingerprint density at radius 1 is 1.32 bits per heavy atom. The maximum absolute atomic E-state index is 11.7. The molecule has 7 heteroatoms. The molecular formula is C12H11N3O4. The van der Waals surface area contributed by atoms with Crippen molar-refractivity contribution < 1.29 is 19.1 Å². The van der Waals surface area contributed by atoms with E-state index in [2.05, 4.69) is 15.3 Å². The van der Waals surface area contributed by atoms with Crippen LogP contribution < -0.4 is 5.32 Å². The van der Waals surface area contributed by atoms with Crippen molar-refractivity contribution in [3.05, 3.63) is 47.4 Å². The van der Waals surface area contributed by atoms with Gasteiger partial charge in [-0.2, -0.15) is 0 Å². The second-order valence-corrected chi connectivity index (χ2v) is 3.78. The highest BCUT2D eigenvalue weighted by atomic mass is 16.4. The quantitative estimate of drug-likeness (QED) is 0.850. The average molecular weight is 261 g/mol. The number of nitrogens with zero attached hydrogens (tertiary/aromatic N) is 2. The summed E-state index contributed by atoms with van der Waals surface area (Å²) in [6, 6.07) is 2.67. The first kappa shape index (κ1) is 12.7. The van der Waals surface area contributed by atoms with Crippen molar-refractivity contribution in [1.82, 2.24) is 15.3 Å². The lowest BCUT2D eigenvalue weighted by Crippen LogP contribution is -2.24. The van der Waals surface area contributed by atoms with Gasteiger partial charge in [-0.15, -0.1) is 0 Å². The number of aromatic carboxylic acids is 1. The molecule has 0 spiro atoms. The number of oxazole rings is 1. The number of carbonyl (C=O) groups excluding carboxylic acids is 1. The molecule has 0 aliphatic carbocycles. The fourth-order valence-electron chi connectivity index (χ4n) is 1.38. The van der Waals surface area contributed by atoms with Crippen LogP contribution in [0.5, 0.6) is 0 Å². The van der Waals surface area contributed by atoms with E-state index in [9.17, 15) is 9.59 Å². The Kier molecular flexibility index (Phi) is 3.56. The Morgan fingerprint density at radius 2 is 2.11 bits per heavy atom. The molecule has 0 atom stereocenters. The third-order valence-corrected chi connectivity index (χ3v) is 2.31. The molecule has 0 aliphatic rings. The zero-order chi connectivity index (χ0) is 13.8. The molecule has 0 aromatic carbocycles. The predicted octanol–water partition coefficient (Wildman–Crippen LogP) is 1.01. The summed E-state index contributed by atoms with van der Waals surface area (Å²) in [5.41, 5.74) is 0.160. The largest absolute Gasteiger partial charge is 0.478 e. The molecule has 2 aromatic heterocycles. The predicted molar refractivity (Wildman–Crippen MR) is 63.6 cm³/mol. The molecule has 7 nitrogen and oxygen atoms in total. The maximum Gasteiger partial charge on any atom is 0.337 e. The first-order valence-corrected chi connectivity index (χ1v) is 5.45. The van der Waals surface area contributed by atoms with E-state index in [4.69, 9.17) is 9.52 Å². The minimum atomic E-state index is -1.09. The zero-order valence-corrected chi connectivity index (χ0v) is 10.1. The molecule has 0 aliphatic heterocycles. The second kappa shape index (κ2) is 5.30. The number of carboxylic acids is 1. The Morgan fingerprint density at radius 3 is 2.63 bits per heavy atom. The number of amides is 1. The number of rotatable bonds is 4. The number of hydrogen-bond donors (Lipinski definition) is 2. The highest BCUT2D eigenvalue weighted by Crippen LogP contribution is 2.03. The molecule has 2 rings (SSSR count). The molecule has 0 bridgehead atoms. The summed E-state index contributed by atoms with van der Waals surface area (Å²) in [4.78, 5) is 30.1. The van der Waals surface area contributed by atoms with Crippen LogP contribution in [0.3, 0.4) is 0 Å². The normalized spacial score (nSPS) is 10.2. The van der Waals surface area contributed by atoms with E-state index in [1.54, 1.807) is 13.1 Å². The van der Waals surface area contributed by atoms with Crippen LogP contribution in [0.15, 0.2) is 28.9 Å². The van der Waals surface area contributed by atoms with Crippen molar-refractivity contribution in [3.63, 3.8) is 0 Å². The summed E-state index contributed by atoms with van der Waals surface area (Å²) in [7, 11) is 0. The van der Waals surface area contributed by atoms with E-state index in [1.165, 1.54) is 12.1 Å². The second-order valence-electron chi connectivity index (χ2n) is 3.78. The van der Waals surface area contributed by atoms with Crippen LogP contribution in [0.4, 0.5) is 0 Å². The summed E-state index contributed by atoms with van der Waals surface area (Å²) in [5.74, 6) is -0.455. The summed E-state index contributed by atoms with van der Waals surface area (Å²) in [6.07, 6.45) is 2.69. The van der Waals surface area contributed by atoms with Gasteiger partial charge in [0.15, 0.2) is 0 Å². The van der Waals surface area contributed by atoms with Crippen molar-refractivity contribution in [1.29, 1.82) is 0 Å². The molecule has 2 aromatic rings. The molecular weight excluding hydrogens is 250 g/mol. The van der Waals surface area contributed by atoms with Gasteiger partial charge >= 0.3 is 5.97 Å². The van der Waals surface area contributed by atoms with E-state index in [0.29, 0.717) is 11.7 Å². The number of aromatic nitrogens is 2. The molecule has 2 heterocycles. The first-order valence-electron chi connectivity index (χ1n) is 5.45. The molecule has 2 N–H and O–H groups in total. The first-order chi connectivity index (χ1) is 9.06. The van der Waals surface area contributed by atoms with E-state index in [1.807, 2.05) is 0 Å². The van der Waals surface area contributed by atoms with Crippen LogP contribution in [0.2, 0.25) is 0 Å². The SMILES string of the molecule is Cc1cnc(CNC(=O)c2ccc(C(=O)O)cn2)o1. The minimum absolute atomic E-state index is 0.0277. The topological polar surface area (TPSA) is 105 Å². The van der Waals surface area contributed by atoms with Crippen LogP contribution in [-0.2, 0) is 6.54 Å². The van der Waals surface area contributed by atoms with Gasteiger partial charge in [-0.1, -0.05) is 0 Å². The summed E-state index contributed by atoms with van der Waals surface area (Å²) < 4.78 is 5.20. The molecule has 0 unspecified atom stereocenters. The Balaban J connectivity index is 1.98. The van der Waals surface area contributed by atoms with E-state index in [0.717, 1.165) is 6.20 Å². The maximum atomic E-state index is 11.7. The Bertz CT molecular complexity index is 604. The van der Waals surface area contributed by atoms with Gasteiger partial charge in [0.2, 0.25) is 5.89 Å². The highest BCUT2D eigenvalue weighted by Gasteiger charge is 2.10. The molecule has 0 saturated heterocycles. The Labute approximate surface area is 108 Å². The summed E-state index contributed by atoms with van der Waals surface area (Å²) in [6.45, 7) is 1.90. The fourth-order valence-corrected chi connectivity index (χ4v) is 1.38. The van der Waals surface area contributed by atoms with Crippen LogP contribution in [0, 0.1) is 6.92 Å². The van der Waals surface area contributed by atoms with Crippen molar-refractivity contribution in [2.45, 2.75) is 13.5 Å². The van der Waals surface area contributed by atoms with Gasteiger partial charge in [-0.3, -0.25) is 9.78 Å². The summed E-state index contributed by atoms with van der Waals surface area (Å²) in [5, 5.41) is 11.3. The smallest absolute Gasteiger partial charge is 0.337 e. The lowest BCUT2D eigenvalue weighted by atomic mass is 10.2. The van der Waals surface area contributed by atoms with Crippen molar-refractivity contribution >= 4 is 11.9 Å². The molecule has 1 amide bonds. The summed E-state index contributed by atoms with van der Waals surface area (Å²) >= 11 is 0. The highest BCUT2D eigenvalue weighted by molar-refractivity contribution is 5.93. The van der Waals surface area contributed by atoms with Crippen LogP contribution >= 0.6 is 0 Å². The number of aryl methyl sites for hydroxylation is 1. The van der Waals surface area contributed by atoms with Crippen molar-refractivity contribution in [2.24, 2.45) is 0 Å². The van der Waals surface area contributed by atoms with Crippen LogP contribution in [-0.4, -0.2) is 27.0 Å². The van der Waals surface area contributed by atoms with Gasteiger partial charge in [0.25, 0.3) is 5.91 Å². The van der Waals surface area contributed by atoms with Crippen LogP contribution in [0.25, 0.3) is 0 Å². The van der Waals surface area contributed by atoms with E-state index < -0.39 is 11.9 Å². The lowest BCUT2D eigenvalue weighted by molar-refractivity contribution is 0.0695. The van der Waals surface area contributed by atoms with Gasteiger partial charge in [0.1, 0.15) is 11.5 Å². The van der Waals surface area contributed by atoms with Crippen molar-refractivity contribution in [2.75, 3.05) is 0 Å². The monoisotopic (exact) mass is 261 g/mol. The standard InChI is InChI=1S/C12H11N3O4/c1-7-4-14-10(19-7)6-15-11(16)9-3-2-8(5-13-9)12(17)18/h2-5H,6H2,1H3,(H,15,16)(H,17,18). The number of carboxylic acid groups (broad SMARTS) is 1. The number of pyridine rings is 1. The molecule has 0 saturated carbocycles. The molecule has 19 heavy (non-hydrogen) atoms. The van der Waals surface area contributed by atoms with Gasteiger partial charge in [0.05, 0.1) is 18.3 Å². The number of carbonyl (C=O) groups is 2. The number of hydrogen-bond acceptors (Lipinski definition) is 5. The number of nitrogens with one attached hydrogen (secondary N) is 1. The molecule has 98 valence electrons.